The van der Waals surface area contributed by atoms with Gasteiger partial charge in [0, 0.05) is 52.2 Å². The van der Waals surface area contributed by atoms with E-state index in [4.69, 9.17) is 59.1 Å². The van der Waals surface area contributed by atoms with Crippen molar-refractivity contribution in [2.24, 2.45) is 4.99 Å². The minimum atomic E-state index is -1.61. The van der Waals surface area contributed by atoms with Crippen molar-refractivity contribution in [3.63, 3.8) is 0 Å². The second-order valence-electron chi connectivity index (χ2n) is 11.3. The van der Waals surface area contributed by atoms with Crippen molar-refractivity contribution in [1.29, 1.82) is 0 Å². The van der Waals surface area contributed by atoms with Crippen LogP contribution in [0.15, 0.2) is 71.7 Å². The zero-order chi connectivity index (χ0) is 31.9. The van der Waals surface area contributed by atoms with Gasteiger partial charge in [-0.1, -0.05) is 59.1 Å². The Balaban J connectivity index is 1.75. The maximum Gasteiger partial charge on any atom is 0.306 e. The van der Waals surface area contributed by atoms with Crippen LogP contribution in [0, 0.1) is 0 Å². The van der Waals surface area contributed by atoms with Crippen LogP contribution in [0.1, 0.15) is 62.8 Å². The van der Waals surface area contributed by atoms with Crippen molar-refractivity contribution in [3.8, 4) is 5.75 Å². The first-order valence-electron chi connectivity index (χ1n) is 14.2. The average molecular weight is 662 g/mol. The monoisotopic (exact) mass is 660 g/mol. The van der Waals surface area contributed by atoms with Crippen LogP contribution in [0.5, 0.6) is 5.75 Å². The summed E-state index contributed by atoms with van der Waals surface area (Å²) >= 11 is 19.2. The van der Waals surface area contributed by atoms with Crippen molar-refractivity contribution >= 4 is 52.6 Å². The number of ether oxygens (including phenoxy) is 3. The molecular formula is C33H35Cl3N2O6. The summed E-state index contributed by atoms with van der Waals surface area (Å²) < 4.78 is 17.7. The highest BCUT2D eigenvalue weighted by molar-refractivity contribution is 6.35. The molecule has 0 aliphatic carbocycles. The molecule has 1 aliphatic heterocycles. The number of amides is 1. The molecule has 2 atom stereocenters. The van der Waals surface area contributed by atoms with Crippen molar-refractivity contribution in [2.75, 3.05) is 13.2 Å². The van der Waals surface area contributed by atoms with Gasteiger partial charge in [-0.15, -0.1) is 0 Å². The number of carbonyl (C=O) groups excluding carboxylic acids is 2. The number of hydrogen-bond acceptors (Lipinski definition) is 7. The van der Waals surface area contributed by atoms with Crippen molar-refractivity contribution in [3.05, 3.63) is 98.5 Å². The summed E-state index contributed by atoms with van der Waals surface area (Å²) in [6.45, 7) is 5.85. The maximum absolute atomic E-state index is 14.3. The number of aliphatic hydroxyl groups excluding tert-OH is 1. The van der Waals surface area contributed by atoms with Gasteiger partial charge in [-0.25, -0.2) is 4.99 Å². The van der Waals surface area contributed by atoms with E-state index in [1.54, 1.807) is 75.4 Å². The fraction of sp³-hybridized carbons (Fsp3) is 0.364. The van der Waals surface area contributed by atoms with Gasteiger partial charge in [-0.2, -0.15) is 0 Å². The number of halogens is 3. The minimum absolute atomic E-state index is 0.0291. The normalized spacial score (nSPS) is 17.9. The third-order valence-corrected chi connectivity index (χ3v) is 7.73. The van der Waals surface area contributed by atoms with Crippen molar-refractivity contribution in [1.82, 2.24) is 5.32 Å². The Hall–Kier alpha value is -3.30. The van der Waals surface area contributed by atoms with Crippen LogP contribution in [0.3, 0.4) is 0 Å². The highest BCUT2D eigenvalue weighted by Crippen LogP contribution is 2.46. The van der Waals surface area contributed by atoms with Crippen molar-refractivity contribution in [2.45, 2.75) is 63.8 Å². The lowest BCUT2D eigenvalue weighted by atomic mass is 9.83. The molecule has 4 rings (SSSR count). The largest absolute Gasteiger partial charge is 0.494 e. The summed E-state index contributed by atoms with van der Waals surface area (Å²) in [5.41, 5.74) is -0.535. The summed E-state index contributed by atoms with van der Waals surface area (Å²) in [5.74, 6) is -0.160. The molecular weight excluding hydrogens is 627 g/mol. The van der Waals surface area contributed by atoms with Crippen LogP contribution in [-0.2, 0) is 25.6 Å². The van der Waals surface area contributed by atoms with E-state index in [2.05, 4.69) is 5.32 Å². The number of benzene rings is 3. The molecule has 0 fully saturated rings. The topological polar surface area (TPSA) is 106 Å². The first kappa shape index (κ1) is 33.6. The number of aliphatic imine (C=N–C) groups is 1. The molecule has 8 nitrogen and oxygen atoms in total. The van der Waals surface area contributed by atoms with Crippen molar-refractivity contribution < 1.29 is 28.9 Å². The number of esters is 1. The van der Waals surface area contributed by atoms with Gasteiger partial charge in [0.2, 0.25) is 5.90 Å². The van der Waals surface area contributed by atoms with Gasteiger partial charge >= 0.3 is 5.97 Å². The van der Waals surface area contributed by atoms with Gasteiger partial charge in [0.1, 0.15) is 11.4 Å². The van der Waals surface area contributed by atoms with E-state index < -0.39 is 29.1 Å². The quantitative estimate of drug-likeness (QED) is 0.158. The molecule has 234 valence electrons. The molecule has 3 aromatic rings. The third-order valence-electron chi connectivity index (χ3n) is 6.80. The Morgan fingerprint density at radius 1 is 1.02 bits per heavy atom. The number of nitrogens with one attached hydrogen (secondary N) is 1. The van der Waals surface area contributed by atoms with Gasteiger partial charge in [0.25, 0.3) is 5.91 Å². The number of nitrogens with zero attached hydrogens (tertiary/aromatic N) is 1. The second kappa shape index (κ2) is 14.7. The number of hydrogen-bond donors (Lipinski definition) is 2. The molecule has 0 saturated heterocycles. The molecule has 0 unspecified atom stereocenters. The first-order valence-corrected chi connectivity index (χ1v) is 15.3. The SMILES string of the molecule is CC(C)(C)OC(=O)CC[C@@]1(C(=O)NCc2ccccc2Cl)N=C(c2ccc(OCCCO)cc2)O[C@@H]1c1ccc(Cl)cc1Cl. The average Bonchev–Trinajstić information content (AvgIpc) is 3.36. The van der Waals surface area contributed by atoms with Crippen LogP contribution < -0.4 is 10.1 Å². The Bertz CT molecular complexity index is 1510. The summed E-state index contributed by atoms with van der Waals surface area (Å²) in [4.78, 5) is 32.1. The van der Waals surface area contributed by atoms with Gasteiger partial charge in [-0.3, -0.25) is 9.59 Å². The Kier molecular flexibility index (Phi) is 11.2. The number of aliphatic hydroxyl groups is 1. The molecule has 11 heteroatoms. The van der Waals surface area contributed by atoms with Crippen LogP contribution >= 0.6 is 34.8 Å². The molecule has 0 spiro atoms. The Morgan fingerprint density at radius 3 is 2.41 bits per heavy atom. The molecule has 1 aliphatic rings. The highest BCUT2D eigenvalue weighted by Gasteiger charge is 2.54. The van der Waals surface area contributed by atoms with E-state index in [-0.39, 0.29) is 36.9 Å². The van der Waals surface area contributed by atoms with E-state index in [0.29, 0.717) is 45.5 Å². The molecule has 1 heterocycles. The predicted molar refractivity (Wildman–Crippen MR) is 172 cm³/mol. The van der Waals surface area contributed by atoms with Crippen LogP contribution in [0.2, 0.25) is 15.1 Å². The summed E-state index contributed by atoms with van der Waals surface area (Å²) in [6, 6.07) is 19.1. The summed E-state index contributed by atoms with van der Waals surface area (Å²) in [5, 5.41) is 13.2. The second-order valence-corrected chi connectivity index (χ2v) is 12.6. The van der Waals surface area contributed by atoms with Crippen LogP contribution in [0.25, 0.3) is 0 Å². The van der Waals surface area contributed by atoms with Crippen LogP contribution in [-0.4, -0.2) is 47.2 Å². The Morgan fingerprint density at radius 2 is 1.75 bits per heavy atom. The van der Waals surface area contributed by atoms with E-state index in [9.17, 15) is 9.59 Å². The smallest absolute Gasteiger partial charge is 0.306 e. The fourth-order valence-corrected chi connectivity index (χ4v) is 5.43. The number of carbonyl (C=O) groups is 2. The molecule has 0 bridgehead atoms. The summed E-state index contributed by atoms with van der Waals surface area (Å²) in [6.07, 6.45) is -0.650. The van der Waals surface area contributed by atoms with E-state index in [1.807, 2.05) is 12.1 Å². The van der Waals surface area contributed by atoms with E-state index in [1.165, 1.54) is 0 Å². The fourth-order valence-electron chi connectivity index (χ4n) is 4.72. The van der Waals surface area contributed by atoms with Gasteiger partial charge in [0.05, 0.1) is 6.61 Å². The Labute approximate surface area is 272 Å². The van der Waals surface area contributed by atoms with E-state index in [0.717, 1.165) is 0 Å². The molecule has 44 heavy (non-hydrogen) atoms. The number of rotatable bonds is 12. The molecule has 3 aromatic carbocycles. The van der Waals surface area contributed by atoms with Gasteiger partial charge < -0.3 is 24.6 Å². The van der Waals surface area contributed by atoms with Gasteiger partial charge in [-0.05, 0) is 75.2 Å². The van der Waals surface area contributed by atoms with Crippen LogP contribution in [0.4, 0.5) is 0 Å². The predicted octanol–water partition coefficient (Wildman–Crippen LogP) is 7.10. The lowest BCUT2D eigenvalue weighted by Gasteiger charge is -2.31. The third kappa shape index (κ3) is 8.45. The lowest BCUT2D eigenvalue weighted by molar-refractivity contribution is -0.155. The molecule has 0 aromatic heterocycles. The lowest BCUT2D eigenvalue weighted by Crippen LogP contribution is -2.48. The van der Waals surface area contributed by atoms with Gasteiger partial charge in [0.15, 0.2) is 11.6 Å². The minimum Gasteiger partial charge on any atom is -0.494 e. The molecule has 2 N–H and O–H groups in total. The molecule has 1 amide bonds. The molecule has 0 saturated carbocycles. The van der Waals surface area contributed by atoms with E-state index >= 15 is 0 Å². The standard InChI is InChI=1S/C33H35Cl3N2O6/c1-32(2,3)44-28(40)15-16-33(31(41)37-20-22-7-4-5-8-26(22)35)29(25-14-11-23(34)19-27(25)36)43-30(38-33)21-9-12-24(13-10-21)42-18-6-17-39/h4-5,7-14,19,29,39H,6,15-18,20H2,1-3H3,(H,37,41)/t29-,33-/m1/s1. The highest BCUT2D eigenvalue weighted by atomic mass is 35.5. The maximum atomic E-state index is 14.3. The molecule has 0 radical (unpaired) electrons. The summed E-state index contributed by atoms with van der Waals surface area (Å²) in [7, 11) is 0. The first-order chi connectivity index (χ1) is 20.9. The zero-order valence-electron chi connectivity index (χ0n) is 24.7. The zero-order valence-corrected chi connectivity index (χ0v) is 27.0.